The Kier molecular flexibility index (Phi) is 2.38. The van der Waals surface area contributed by atoms with Gasteiger partial charge in [-0.2, -0.15) is 0 Å². The minimum Gasteiger partial charge on any atom is -0.378 e. The van der Waals surface area contributed by atoms with Crippen LogP contribution < -0.4 is 5.32 Å². The highest BCUT2D eigenvalue weighted by molar-refractivity contribution is 6.07. The van der Waals surface area contributed by atoms with Gasteiger partial charge >= 0.3 is 6.03 Å². The second kappa shape index (κ2) is 3.63. The summed E-state index contributed by atoms with van der Waals surface area (Å²) < 4.78 is 30.6. The lowest BCUT2D eigenvalue weighted by Gasteiger charge is -2.36. The fourth-order valence-electron chi connectivity index (χ4n) is 2.85. The molecule has 0 bridgehead atoms. The Labute approximate surface area is 102 Å². The number of alkyl halides is 2. The Bertz CT molecular complexity index is 399. The number of imide groups is 1. The zero-order chi connectivity index (χ0) is 13.0. The number of rotatable bonds is 2. The normalized spacial score (nSPS) is 35.1. The van der Waals surface area contributed by atoms with E-state index in [1.807, 2.05) is 0 Å². The van der Waals surface area contributed by atoms with E-state index in [-0.39, 0.29) is 37.8 Å². The molecule has 3 amide bonds. The van der Waals surface area contributed by atoms with E-state index < -0.39 is 17.5 Å². The van der Waals surface area contributed by atoms with Gasteiger partial charge in [0.05, 0.1) is 6.61 Å². The van der Waals surface area contributed by atoms with Crippen molar-refractivity contribution in [3.05, 3.63) is 0 Å². The Morgan fingerprint density at radius 1 is 1.39 bits per heavy atom. The number of amides is 3. The Hall–Kier alpha value is -1.24. The first-order valence-electron chi connectivity index (χ1n) is 6.02. The minimum absolute atomic E-state index is 0.0853. The van der Waals surface area contributed by atoms with Crippen molar-refractivity contribution in [1.82, 2.24) is 10.2 Å². The van der Waals surface area contributed by atoms with Crippen LogP contribution in [0.25, 0.3) is 0 Å². The molecular formula is C11H14F2N2O3. The van der Waals surface area contributed by atoms with Gasteiger partial charge in [0.2, 0.25) is 5.92 Å². The number of nitrogens with zero attached hydrogens (tertiary/aromatic N) is 1. The number of hydrogen-bond acceptors (Lipinski definition) is 3. The first-order valence-corrected chi connectivity index (χ1v) is 6.02. The summed E-state index contributed by atoms with van der Waals surface area (Å²) in [7, 11) is 0. The summed E-state index contributed by atoms with van der Waals surface area (Å²) in [5.74, 6) is -3.25. The monoisotopic (exact) mass is 260 g/mol. The molecule has 1 aliphatic carbocycles. The summed E-state index contributed by atoms with van der Waals surface area (Å²) >= 11 is 0. The molecule has 2 heterocycles. The average Bonchev–Trinajstić information content (AvgIpc) is 2.78. The highest BCUT2D eigenvalue weighted by atomic mass is 19.3. The molecule has 3 rings (SSSR count). The zero-order valence-electron chi connectivity index (χ0n) is 9.75. The van der Waals surface area contributed by atoms with Crippen molar-refractivity contribution in [3.63, 3.8) is 0 Å². The molecule has 0 aromatic rings. The van der Waals surface area contributed by atoms with Crippen LogP contribution >= 0.6 is 0 Å². The highest BCUT2D eigenvalue weighted by Crippen LogP contribution is 2.43. The number of ether oxygens (including phenoxy) is 1. The predicted octanol–water partition coefficient (Wildman–Crippen LogP) is 0.743. The van der Waals surface area contributed by atoms with Crippen LogP contribution in [0.1, 0.15) is 19.3 Å². The van der Waals surface area contributed by atoms with Crippen LogP contribution in [0.15, 0.2) is 0 Å². The van der Waals surface area contributed by atoms with Crippen LogP contribution in [0.4, 0.5) is 13.6 Å². The largest absolute Gasteiger partial charge is 0.378 e. The third kappa shape index (κ3) is 1.68. The Balaban J connectivity index is 1.66. The van der Waals surface area contributed by atoms with E-state index in [2.05, 4.69) is 5.32 Å². The summed E-state index contributed by atoms with van der Waals surface area (Å²) in [4.78, 5) is 24.9. The van der Waals surface area contributed by atoms with E-state index in [0.717, 1.165) is 4.90 Å². The lowest BCUT2D eigenvalue weighted by molar-refractivity contribution is -0.138. The van der Waals surface area contributed by atoms with Gasteiger partial charge in [-0.1, -0.05) is 0 Å². The smallest absolute Gasteiger partial charge is 0.325 e. The summed E-state index contributed by atoms with van der Waals surface area (Å²) in [6.07, 6.45) is -0.0317. The Morgan fingerprint density at radius 3 is 2.67 bits per heavy atom. The Morgan fingerprint density at radius 2 is 2.11 bits per heavy atom. The molecule has 0 aromatic carbocycles. The van der Waals surface area contributed by atoms with Crippen molar-refractivity contribution in [2.75, 3.05) is 19.8 Å². The van der Waals surface area contributed by atoms with Gasteiger partial charge in [0.1, 0.15) is 5.54 Å². The molecule has 1 saturated carbocycles. The first-order chi connectivity index (χ1) is 8.42. The molecule has 0 aromatic heterocycles. The maximum absolute atomic E-state index is 12.7. The molecule has 1 atom stereocenters. The van der Waals surface area contributed by atoms with E-state index in [1.54, 1.807) is 0 Å². The fraction of sp³-hybridized carbons (Fsp3) is 0.818. The van der Waals surface area contributed by atoms with Crippen LogP contribution in [0.2, 0.25) is 0 Å². The van der Waals surface area contributed by atoms with Crippen molar-refractivity contribution < 1.29 is 23.1 Å². The standard InChI is InChI=1S/C11H14F2N2O3/c12-11(13)3-7(4-11)5-15-8(16)10(14-9(15)17)1-2-18-6-10/h7H,1-6H2,(H,14,17). The van der Waals surface area contributed by atoms with Crippen molar-refractivity contribution in [3.8, 4) is 0 Å². The quantitative estimate of drug-likeness (QED) is 0.745. The van der Waals surface area contributed by atoms with Gasteiger partial charge in [0.25, 0.3) is 5.91 Å². The summed E-state index contributed by atoms with van der Waals surface area (Å²) in [5.41, 5.74) is -0.941. The van der Waals surface area contributed by atoms with E-state index in [0.29, 0.717) is 13.0 Å². The third-order valence-corrected chi connectivity index (χ3v) is 3.88. The number of carbonyl (C=O) groups is 2. The molecule has 0 radical (unpaired) electrons. The van der Waals surface area contributed by atoms with E-state index in [4.69, 9.17) is 4.74 Å². The topological polar surface area (TPSA) is 58.6 Å². The van der Waals surface area contributed by atoms with Crippen molar-refractivity contribution in [2.45, 2.75) is 30.7 Å². The molecule has 3 fully saturated rings. The summed E-state index contributed by atoms with van der Waals surface area (Å²) in [6.45, 7) is 0.693. The van der Waals surface area contributed by atoms with Crippen LogP contribution in [-0.2, 0) is 9.53 Å². The molecule has 5 nitrogen and oxygen atoms in total. The van der Waals surface area contributed by atoms with Crippen LogP contribution in [0, 0.1) is 5.92 Å². The molecule has 18 heavy (non-hydrogen) atoms. The van der Waals surface area contributed by atoms with E-state index >= 15 is 0 Å². The average molecular weight is 260 g/mol. The molecule has 1 spiro atoms. The molecule has 1 unspecified atom stereocenters. The van der Waals surface area contributed by atoms with Gasteiger partial charge in [-0.25, -0.2) is 13.6 Å². The summed E-state index contributed by atoms with van der Waals surface area (Å²) in [6, 6.07) is -0.485. The van der Waals surface area contributed by atoms with Crippen LogP contribution in [0.3, 0.4) is 0 Å². The summed E-state index contributed by atoms with van der Waals surface area (Å²) in [5, 5.41) is 2.63. The van der Waals surface area contributed by atoms with Gasteiger partial charge in [-0.15, -0.1) is 0 Å². The lowest BCUT2D eigenvalue weighted by atomic mass is 9.81. The van der Waals surface area contributed by atoms with Crippen molar-refractivity contribution >= 4 is 11.9 Å². The van der Waals surface area contributed by atoms with E-state index in [9.17, 15) is 18.4 Å². The van der Waals surface area contributed by atoms with Gasteiger partial charge in [0.15, 0.2) is 0 Å². The van der Waals surface area contributed by atoms with Crippen LogP contribution in [0.5, 0.6) is 0 Å². The second-order valence-corrected chi connectivity index (χ2v) is 5.36. The molecule has 1 N–H and O–H groups in total. The van der Waals surface area contributed by atoms with Crippen molar-refractivity contribution in [2.24, 2.45) is 5.92 Å². The number of urea groups is 1. The molecule has 7 heteroatoms. The fourth-order valence-corrected chi connectivity index (χ4v) is 2.85. The molecule has 3 aliphatic rings. The van der Waals surface area contributed by atoms with Crippen LogP contribution in [-0.4, -0.2) is 48.1 Å². The SMILES string of the molecule is O=C1NC2(CCOC2)C(=O)N1CC1CC(F)(F)C1. The number of nitrogens with one attached hydrogen (secondary N) is 1. The van der Waals surface area contributed by atoms with E-state index in [1.165, 1.54) is 0 Å². The first kappa shape index (κ1) is 11.8. The number of carbonyl (C=O) groups excluding carboxylic acids is 2. The van der Waals surface area contributed by atoms with Gasteiger partial charge in [-0.3, -0.25) is 9.69 Å². The molecule has 2 saturated heterocycles. The molecule has 2 aliphatic heterocycles. The van der Waals surface area contributed by atoms with Gasteiger partial charge in [-0.05, 0) is 5.92 Å². The number of hydrogen-bond donors (Lipinski definition) is 1. The minimum atomic E-state index is -2.63. The lowest BCUT2D eigenvalue weighted by Crippen LogP contribution is -2.48. The molecule has 100 valence electrons. The predicted molar refractivity (Wildman–Crippen MR) is 56.1 cm³/mol. The maximum Gasteiger partial charge on any atom is 0.325 e. The highest BCUT2D eigenvalue weighted by Gasteiger charge is 2.55. The molecular weight excluding hydrogens is 246 g/mol. The number of halogens is 2. The van der Waals surface area contributed by atoms with Gasteiger partial charge in [0, 0.05) is 32.4 Å². The van der Waals surface area contributed by atoms with Gasteiger partial charge < -0.3 is 10.1 Å². The van der Waals surface area contributed by atoms with Crippen molar-refractivity contribution in [1.29, 1.82) is 0 Å². The second-order valence-electron chi connectivity index (χ2n) is 5.36. The zero-order valence-corrected chi connectivity index (χ0v) is 9.75. The maximum atomic E-state index is 12.7. The third-order valence-electron chi connectivity index (χ3n) is 3.88.